The van der Waals surface area contributed by atoms with E-state index in [2.05, 4.69) is 25.2 Å². The third kappa shape index (κ3) is 20.6. The molecule has 0 aliphatic rings. The van der Waals surface area contributed by atoms with Crippen LogP contribution in [-0.2, 0) is 19.1 Å². The largest absolute Gasteiger partial charge is 0.378 e. The van der Waals surface area contributed by atoms with E-state index < -0.39 is 10.7 Å². The van der Waals surface area contributed by atoms with Gasteiger partial charge in [-0.15, -0.1) is 9.24 Å². The number of amides is 2. The van der Waals surface area contributed by atoms with E-state index in [4.69, 9.17) is 9.47 Å². The second kappa shape index (κ2) is 20.4. The Hall–Kier alpha value is -0.750. The van der Waals surface area contributed by atoms with Crippen molar-refractivity contribution in [1.29, 1.82) is 0 Å². The third-order valence-corrected chi connectivity index (χ3v) is 5.42. The zero-order valence-corrected chi connectivity index (χ0v) is 25.6. The van der Waals surface area contributed by atoms with E-state index in [-0.39, 0.29) is 23.5 Å². The Morgan fingerprint density at radius 3 is 2.06 bits per heavy atom. The van der Waals surface area contributed by atoms with Crippen LogP contribution >= 0.6 is 9.24 Å². The first-order chi connectivity index (χ1) is 15.7. The van der Waals surface area contributed by atoms with Crippen molar-refractivity contribution in [3.8, 4) is 0 Å². The SMILES string of the molecule is CC.CC.CCNC(=O)CCC(C)OCCC(C)(C)NC(=O)C(C)(P)COC(C)(C)CCNC. The summed E-state index contributed by atoms with van der Waals surface area (Å²) >= 11 is 0. The molecule has 3 unspecified atom stereocenters. The molecule has 3 atom stereocenters. The van der Waals surface area contributed by atoms with Gasteiger partial charge in [0.1, 0.15) is 0 Å². The van der Waals surface area contributed by atoms with E-state index in [0.29, 0.717) is 39.0 Å². The highest BCUT2D eigenvalue weighted by Gasteiger charge is 2.34. The molecule has 0 aliphatic carbocycles. The van der Waals surface area contributed by atoms with Crippen LogP contribution in [0.3, 0.4) is 0 Å². The molecule has 0 rings (SSSR count). The number of hydrogen-bond acceptors (Lipinski definition) is 5. The van der Waals surface area contributed by atoms with Gasteiger partial charge in [-0.25, -0.2) is 0 Å². The molecule has 3 N–H and O–H groups in total. The fourth-order valence-electron chi connectivity index (χ4n) is 2.64. The lowest BCUT2D eigenvalue weighted by atomic mass is 9.99. The van der Waals surface area contributed by atoms with E-state index in [1.165, 1.54) is 0 Å². The Morgan fingerprint density at radius 2 is 1.56 bits per heavy atom. The zero-order chi connectivity index (χ0) is 27.4. The zero-order valence-electron chi connectivity index (χ0n) is 24.4. The molecular formula is C26H58N3O4P. The lowest BCUT2D eigenvalue weighted by molar-refractivity contribution is -0.128. The molecule has 8 heteroatoms. The molecule has 0 aromatic carbocycles. The van der Waals surface area contributed by atoms with Gasteiger partial charge in [-0.3, -0.25) is 9.59 Å². The molecule has 0 spiro atoms. The van der Waals surface area contributed by atoms with Crippen LogP contribution in [0.25, 0.3) is 0 Å². The highest BCUT2D eigenvalue weighted by molar-refractivity contribution is 7.21. The van der Waals surface area contributed by atoms with Crippen LogP contribution in [0.1, 0.15) is 102 Å². The van der Waals surface area contributed by atoms with Gasteiger partial charge < -0.3 is 25.4 Å². The van der Waals surface area contributed by atoms with Gasteiger partial charge in [0.05, 0.1) is 23.5 Å². The molecule has 0 heterocycles. The van der Waals surface area contributed by atoms with Crippen LogP contribution in [-0.4, -0.2) is 67.6 Å². The molecule has 0 aliphatic heterocycles. The third-order valence-electron chi connectivity index (χ3n) is 4.99. The Balaban J connectivity index is -0.00000227. The maximum Gasteiger partial charge on any atom is 0.232 e. The van der Waals surface area contributed by atoms with Crippen molar-refractivity contribution in [1.82, 2.24) is 16.0 Å². The molecule has 0 saturated carbocycles. The summed E-state index contributed by atoms with van der Waals surface area (Å²) < 4.78 is 11.9. The average molecular weight is 508 g/mol. The lowest BCUT2D eigenvalue weighted by Gasteiger charge is -2.34. The highest BCUT2D eigenvalue weighted by Crippen LogP contribution is 2.24. The van der Waals surface area contributed by atoms with Crippen molar-refractivity contribution in [2.24, 2.45) is 0 Å². The molecular weight excluding hydrogens is 449 g/mol. The summed E-state index contributed by atoms with van der Waals surface area (Å²) in [6.45, 7) is 24.2. The minimum absolute atomic E-state index is 0.000605. The summed E-state index contributed by atoms with van der Waals surface area (Å²) in [5, 5.41) is 8.32. The summed E-state index contributed by atoms with van der Waals surface area (Å²) in [6.07, 6.45) is 2.69. The number of rotatable bonds is 16. The molecule has 206 valence electrons. The quantitative estimate of drug-likeness (QED) is 0.264. The normalized spacial score (nSPS) is 13.9. The average Bonchev–Trinajstić information content (AvgIpc) is 2.77. The van der Waals surface area contributed by atoms with E-state index in [1.54, 1.807) is 0 Å². The molecule has 0 fully saturated rings. The van der Waals surface area contributed by atoms with Gasteiger partial charge in [-0.05, 0) is 81.3 Å². The Labute approximate surface area is 213 Å². The monoisotopic (exact) mass is 507 g/mol. The Kier molecular flexibility index (Phi) is 22.7. The molecule has 34 heavy (non-hydrogen) atoms. The second-order valence-corrected chi connectivity index (χ2v) is 10.9. The van der Waals surface area contributed by atoms with Gasteiger partial charge in [-0.2, -0.15) is 0 Å². The fourth-order valence-corrected chi connectivity index (χ4v) is 2.80. The molecule has 0 aromatic rings. The number of hydrogen-bond donors (Lipinski definition) is 3. The summed E-state index contributed by atoms with van der Waals surface area (Å²) in [7, 11) is 4.55. The van der Waals surface area contributed by atoms with Crippen molar-refractivity contribution in [2.45, 2.75) is 124 Å². The summed E-state index contributed by atoms with van der Waals surface area (Å²) in [5.74, 6) is -0.0113. The number of nitrogens with one attached hydrogen (secondary N) is 3. The summed E-state index contributed by atoms with van der Waals surface area (Å²) in [6, 6.07) is 0. The highest BCUT2D eigenvalue weighted by atomic mass is 31.0. The van der Waals surface area contributed by atoms with Crippen LogP contribution < -0.4 is 16.0 Å². The first-order valence-corrected chi connectivity index (χ1v) is 13.6. The first-order valence-electron chi connectivity index (χ1n) is 13.0. The van der Waals surface area contributed by atoms with Gasteiger partial charge in [-0.1, -0.05) is 27.7 Å². The summed E-state index contributed by atoms with van der Waals surface area (Å²) in [4.78, 5) is 24.4. The number of carbonyl (C=O) groups excluding carboxylic acids is 2. The minimum Gasteiger partial charge on any atom is -0.378 e. The van der Waals surface area contributed by atoms with Crippen LogP contribution in [0.5, 0.6) is 0 Å². The molecule has 7 nitrogen and oxygen atoms in total. The first kappa shape index (κ1) is 37.8. The minimum atomic E-state index is -0.713. The van der Waals surface area contributed by atoms with Gasteiger partial charge in [0.15, 0.2) is 0 Å². The van der Waals surface area contributed by atoms with E-state index in [1.807, 2.05) is 83.2 Å². The van der Waals surface area contributed by atoms with Crippen LogP contribution in [0.2, 0.25) is 0 Å². The van der Waals surface area contributed by atoms with Gasteiger partial charge >= 0.3 is 0 Å². The van der Waals surface area contributed by atoms with E-state index >= 15 is 0 Å². The summed E-state index contributed by atoms with van der Waals surface area (Å²) in [5.41, 5.74) is -0.704. The van der Waals surface area contributed by atoms with Crippen LogP contribution in [0.15, 0.2) is 0 Å². The van der Waals surface area contributed by atoms with Crippen molar-refractivity contribution in [3.05, 3.63) is 0 Å². The molecule has 0 radical (unpaired) electrons. The topological polar surface area (TPSA) is 88.7 Å². The van der Waals surface area contributed by atoms with Crippen LogP contribution in [0.4, 0.5) is 0 Å². The van der Waals surface area contributed by atoms with E-state index in [0.717, 1.165) is 13.0 Å². The Bertz CT molecular complexity index is 526. The maximum atomic E-state index is 12.8. The van der Waals surface area contributed by atoms with Gasteiger partial charge in [0.25, 0.3) is 0 Å². The maximum absolute atomic E-state index is 12.8. The number of carbonyl (C=O) groups is 2. The fraction of sp³-hybridized carbons (Fsp3) is 0.923. The molecule has 0 saturated heterocycles. The van der Waals surface area contributed by atoms with Gasteiger partial charge in [0, 0.05) is 25.1 Å². The molecule has 2 amide bonds. The molecule has 0 bridgehead atoms. The van der Waals surface area contributed by atoms with Crippen molar-refractivity contribution in [3.63, 3.8) is 0 Å². The lowest BCUT2D eigenvalue weighted by Crippen LogP contribution is -2.53. The van der Waals surface area contributed by atoms with Crippen LogP contribution in [0, 0.1) is 0 Å². The Morgan fingerprint density at radius 1 is 1.00 bits per heavy atom. The smallest absolute Gasteiger partial charge is 0.232 e. The van der Waals surface area contributed by atoms with Crippen molar-refractivity contribution in [2.75, 3.05) is 33.4 Å². The predicted octanol–water partition coefficient (Wildman–Crippen LogP) is 4.68. The van der Waals surface area contributed by atoms with Crippen molar-refractivity contribution >= 4 is 21.1 Å². The standard InChI is InChI=1S/C22H46N3O4P.2C2H6/c1-9-24-18(26)11-10-17(2)28-15-13-20(3,4)25-19(27)22(7,30)16-29-21(5,6)12-14-23-8;2*1-2/h17,23H,9-16,30H2,1-8H3,(H,24,26)(H,25,27);2*1-2H3. The van der Waals surface area contributed by atoms with Gasteiger partial charge in [0.2, 0.25) is 11.8 Å². The van der Waals surface area contributed by atoms with E-state index in [9.17, 15) is 9.59 Å². The predicted molar refractivity (Wildman–Crippen MR) is 150 cm³/mol. The van der Waals surface area contributed by atoms with Crippen molar-refractivity contribution < 1.29 is 19.1 Å². The number of ether oxygens (including phenoxy) is 2. The second-order valence-electron chi connectivity index (χ2n) is 9.58. The molecule has 0 aromatic heterocycles.